The van der Waals surface area contributed by atoms with Crippen molar-refractivity contribution in [3.8, 4) is 0 Å². The lowest BCUT2D eigenvalue weighted by atomic mass is 9.81. The van der Waals surface area contributed by atoms with Crippen LogP contribution in [-0.4, -0.2) is 25.1 Å². The number of carbonyl (C=O) groups excluding carboxylic acids is 2. The van der Waals surface area contributed by atoms with Gasteiger partial charge in [-0.3, -0.25) is 19.2 Å². The molecule has 0 radical (unpaired) electrons. The maximum absolute atomic E-state index is 13.0. The summed E-state index contributed by atoms with van der Waals surface area (Å²) in [6.45, 7) is 1.52. The van der Waals surface area contributed by atoms with E-state index in [-0.39, 0.29) is 40.8 Å². The Bertz CT molecular complexity index is 1190. The fraction of sp³-hybridized carbons (Fsp3) is 0.391. The average Bonchev–Trinajstić information content (AvgIpc) is 2.99. The van der Waals surface area contributed by atoms with E-state index >= 15 is 0 Å². The molecule has 0 aromatic heterocycles. The second-order valence-corrected chi connectivity index (χ2v) is 10.2. The highest BCUT2D eigenvalue weighted by molar-refractivity contribution is 7.92. The van der Waals surface area contributed by atoms with Crippen LogP contribution in [0.1, 0.15) is 42.4 Å². The number of halogens is 3. The highest BCUT2D eigenvalue weighted by Crippen LogP contribution is 2.39. The highest BCUT2D eigenvalue weighted by Gasteiger charge is 2.47. The van der Waals surface area contributed by atoms with Gasteiger partial charge in [0, 0.05) is 5.69 Å². The SMILES string of the molecule is Cc1ccc(CN2C(=O)[C@H]3CCCC[C@@H]3C2=O)cc1S(=O)(=O)Nc1cccc(C(F)(F)F)c1. The number of sulfonamides is 1. The second kappa shape index (κ2) is 8.48. The molecule has 4 rings (SSSR count). The first-order valence-electron chi connectivity index (χ1n) is 10.6. The Hall–Kier alpha value is -2.88. The Labute approximate surface area is 189 Å². The third kappa shape index (κ3) is 4.62. The molecule has 1 saturated carbocycles. The van der Waals surface area contributed by atoms with Crippen molar-refractivity contribution >= 4 is 27.5 Å². The molecule has 0 bridgehead atoms. The van der Waals surface area contributed by atoms with E-state index in [1.54, 1.807) is 19.1 Å². The van der Waals surface area contributed by atoms with Crippen molar-refractivity contribution in [1.82, 2.24) is 4.90 Å². The summed E-state index contributed by atoms with van der Waals surface area (Å²) in [4.78, 5) is 26.5. The third-order valence-corrected chi connectivity index (χ3v) is 7.78. The van der Waals surface area contributed by atoms with Gasteiger partial charge in [-0.2, -0.15) is 13.2 Å². The number of imide groups is 1. The molecular weight excluding hydrogens is 457 g/mol. The summed E-state index contributed by atoms with van der Waals surface area (Å²) in [6.07, 6.45) is -1.44. The van der Waals surface area contributed by atoms with Crippen molar-refractivity contribution in [3.63, 3.8) is 0 Å². The maximum Gasteiger partial charge on any atom is 0.416 e. The van der Waals surface area contributed by atoms with Crippen molar-refractivity contribution in [2.24, 2.45) is 11.8 Å². The molecule has 2 amide bonds. The average molecular weight is 481 g/mol. The number of benzene rings is 2. The minimum atomic E-state index is -4.61. The number of hydrogen-bond donors (Lipinski definition) is 1. The summed E-state index contributed by atoms with van der Waals surface area (Å²) in [7, 11) is -4.22. The van der Waals surface area contributed by atoms with Crippen LogP contribution in [-0.2, 0) is 32.3 Å². The molecule has 176 valence electrons. The van der Waals surface area contributed by atoms with Gasteiger partial charge in [0.15, 0.2) is 0 Å². The fourth-order valence-electron chi connectivity index (χ4n) is 4.57. The topological polar surface area (TPSA) is 83.6 Å². The van der Waals surface area contributed by atoms with Crippen molar-refractivity contribution in [2.75, 3.05) is 4.72 Å². The van der Waals surface area contributed by atoms with Crippen molar-refractivity contribution < 1.29 is 31.2 Å². The van der Waals surface area contributed by atoms with Gasteiger partial charge in [-0.25, -0.2) is 8.42 Å². The zero-order valence-corrected chi connectivity index (χ0v) is 18.7. The maximum atomic E-state index is 13.0. The largest absolute Gasteiger partial charge is 0.416 e. The number of nitrogens with one attached hydrogen (secondary N) is 1. The number of amides is 2. The smallest absolute Gasteiger partial charge is 0.280 e. The van der Waals surface area contributed by atoms with Crippen LogP contribution >= 0.6 is 0 Å². The van der Waals surface area contributed by atoms with E-state index in [1.165, 1.54) is 17.0 Å². The molecule has 2 fully saturated rings. The number of anilines is 1. The predicted octanol–water partition coefficient (Wildman–Crippen LogP) is 4.49. The lowest BCUT2D eigenvalue weighted by Gasteiger charge is -2.19. The lowest BCUT2D eigenvalue weighted by Crippen LogP contribution is -2.30. The summed E-state index contributed by atoms with van der Waals surface area (Å²) in [5.74, 6) is -1.06. The Kier molecular flexibility index (Phi) is 5.98. The number of nitrogens with zero attached hydrogens (tertiary/aromatic N) is 1. The van der Waals surface area contributed by atoms with Gasteiger partial charge in [0.05, 0.1) is 28.8 Å². The Balaban J connectivity index is 1.58. The molecule has 1 aliphatic carbocycles. The molecule has 10 heteroatoms. The van der Waals surface area contributed by atoms with Gasteiger partial charge in [-0.1, -0.05) is 31.0 Å². The molecule has 6 nitrogen and oxygen atoms in total. The van der Waals surface area contributed by atoms with Crippen LogP contribution < -0.4 is 4.72 Å². The lowest BCUT2D eigenvalue weighted by molar-refractivity contribution is -0.141. The molecule has 1 N–H and O–H groups in total. The van der Waals surface area contributed by atoms with Gasteiger partial charge in [0.25, 0.3) is 10.0 Å². The normalized spacial score (nSPS) is 21.3. The van der Waals surface area contributed by atoms with Crippen molar-refractivity contribution in [2.45, 2.75) is 50.2 Å². The van der Waals surface area contributed by atoms with E-state index in [4.69, 9.17) is 0 Å². The molecular formula is C23H23F3N2O4S. The van der Waals surface area contributed by atoms with Crippen molar-refractivity contribution in [1.29, 1.82) is 0 Å². The van der Waals surface area contributed by atoms with Gasteiger partial charge in [-0.05, 0) is 55.2 Å². The van der Waals surface area contributed by atoms with Gasteiger partial charge >= 0.3 is 6.18 Å². The summed E-state index contributed by atoms with van der Waals surface area (Å²) in [6, 6.07) is 8.47. The molecule has 1 aliphatic heterocycles. The quantitative estimate of drug-likeness (QED) is 0.640. The predicted molar refractivity (Wildman–Crippen MR) is 114 cm³/mol. The van der Waals surface area contributed by atoms with Crippen LogP contribution in [0.25, 0.3) is 0 Å². The first-order valence-corrected chi connectivity index (χ1v) is 12.1. The number of carbonyl (C=O) groups is 2. The number of hydrogen-bond acceptors (Lipinski definition) is 4. The van der Waals surface area contributed by atoms with Crippen molar-refractivity contribution in [3.05, 3.63) is 59.2 Å². The molecule has 2 aliphatic rings. The highest BCUT2D eigenvalue weighted by atomic mass is 32.2. The zero-order valence-electron chi connectivity index (χ0n) is 17.9. The summed E-state index contributed by atoms with van der Waals surface area (Å²) < 4.78 is 67.0. The number of fused-ring (bicyclic) bond motifs is 1. The molecule has 2 aromatic rings. The number of aryl methyl sites for hydroxylation is 1. The Morgan fingerprint density at radius 2 is 1.64 bits per heavy atom. The second-order valence-electron chi connectivity index (χ2n) is 8.54. The summed E-state index contributed by atoms with van der Waals surface area (Å²) in [5, 5.41) is 0. The molecule has 1 heterocycles. The van der Waals surface area contributed by atoms with E-state index in [2.05, 4.69) is 4.72 Å². The van der Waals surface area contributed by atoms with Crippen LogP contribution in [0, 0.1) is 18.8 Å². The Morgan fingerprint density at radius 1 is 1.00 bits per heavy atom. The number of rotatable bonds is 5. The standard InChI is InChI=1S/C23H23F3N2O4S/c1-14-9-10-15(13-28-21(29)18-7-2-3-8-19(18)22(28)30)11-20(14)33(31,32)27-17-6-4-5-16(12-17)23(24,25)26/h4-6,9-12,18-19,27H,2-3,7-8,13H2,1H3/t18-,19-/m0/s1. The molecule has 2 atom stereocenters. The fourth-order valence-corrected chi connectivity index (χ4v) is 5.92. The summed E-state index contributed by atoms with van der Waals surface area (Å²) >= 11 is 0. The molecule has 0 spiro atoms. The minimum absolute atomic E-state index is 0.0446. The van der Waals surface area contributed by atoms with Gasteiger partial charge in [0.2, 0.25) is 11.8 Å². The van der Waals surface area contributed by atoms with E-state index in [9.17, 15) is 31.2 Å². The molecule has 2 aromatic carbocycles. The third-order valence-electron chi connectivity index (χ3n) is 6.26. The van der Waals surface area contributed by atoms with Gasteiger partial charge in [-0.15, -0.1) is 0 Å². The molecule has 0 unspecified atom stereocenters. The Morgan fingerprint density at radius 3 is 2.24 bits per heavy atom. The van der Waals surface area contributed by atoms with Crippen LogP contribution in [0.2, 0.25) is 0 Å². The first-order chi connectivity index (χ1) is 15.5. The van der Waals surface area contributed by atoms with E-state index in [0.29, 0.717) is 24.0 Å². The number of likely N-dealkylation sites (tertiary alicyclic amines) is 1. The van der Waals surface area contributed by atoms with Gasteiger partial charge in [0.1, 0.15) is 0 Å². The molecule has 1 saturated heterocycles. The van der Waals surface area contributed by atoms with Crippen LogP contribution in [0.4, 0.5) is 18.9 Å². The van der Waals surface area contributed by atoms with E-state index in [1.807, 2.05) is 0 Å². The van der Waals surface area contributed by atoms with E-state index in [0.717, 1.165) is 31.0 Å². The summed E-state index contributed by atoms with van der Waals surface area (Å²) in [5.41, 5.74) is -0.361. The first kappa shape index (κ1) is 23.3. The minimum Gasteiger partial charge on any atom is -0.280 e. The van der Waals surface area contributed by atoms with Crippen LogP contribution in [0.3, 0.4) is 0 Å². The monoisotopic (exact) mass is 480 g/mol. The van der Waals surface area contributed by atoms with Gasteiger partial charge < -0.3 is 0 Å². The number of alkyl halides is 3. The molecule has 33 heavy (non-hydrogen) atoms. The van der Waals surface area contributed by atoms with Crippen LogP contribution in [0.5, 0.6) is 0 Å². The zero-order chi connectivity index (χ0) is 24.0. The van der Waals surface area contributed by atoms with E-state index < -0.39 is 21.8 Å². The van der Waals surface area contributed by atoms with Crippen LogP contribution in [0.15, 0.2) is 47.4 Å².